The number of methoxy groups -OCH3 is 1. The van der Waals surface area contributed by atoms with Crippen LogP contribution in [0.2, 0.25) is 0 Å². The minimum absolute atomic E-state index is 0.00283. The summed E-state index contributed by atoms with van der Waals surface area (Å²) in [6, 6.07) is 11.6. The molecule has 0 heterocycles. The van der Waals surface area contributed by atoms with Crippen molar-refractivity contribution < 1.29 is 38.5 Å². The summed E-state index contributed by atoms with van der Waals surface area (Å²) in [6.07, 6.45) is 4.10. The number of ketones is 1. The summed E-state index contributed by atoms with van der Waals surface area (Å²) in [5, 5.41) is 15.6. The maximum absolute atomic E-state index is 14.0. The molecule has 176 valence electrons. The van der Waals surface area contributed by atoms with Crippen LogP contribution in [0, 0.1) is 5.82 Å². The van der Waals surface area contributed by atoms with E-state index in [9.17, 15) is 18.8 Å². The van der Waals surface area contributed by atoms with E-state index >= 15 is 0 Å². The highest BCUT2D eigenvalue weighted by molar-refractivity contribution is 6.07. The molecule has 8 nitrogen and oxygen atoms in total. The molecule has 2 aromatic carbocycles. The second-order valence-corrected chi connectivity index (χ2v) is 6.74. The molecule has 0 unspecified atom stereocenters. The number of nitrogens with zero attached hydrogens (tertiary/aromatic N) is 1. The van der Waals surface area contributed by atoms with Crippen LogP contribution >= 0.6 is 0 Å². The first-order valence-corrected chi connectivity index (χ1v) is 9.70. The Kier molecular flexibility index (Phi) is 11.6. The number of rotatable bonds is 10. The van der Waals surface area contributed by atoms with Crippen LogP contribution in [0.1, 0.15) is 15.9 Å². The summed E-state index contributed by atoms with van der Waals surface area (Å²) in [5.41, 5.74) is 0.770. The Morgan fingerprint density at radius 1 is 1.00 bits per heavy atom. The fourth-order valence-corrected chi connectivity index (χ4v) is 2.31. The van der Waals surface area contributed by atoms with E-state index in [1.807, 2.05) is 43.3 Å². The van der Waals surface area contributed by atoms with E-state index in [0.717, 1.165) is 12.1 Å². The fourth-order valence-electron chi connectivity index (χ4n) is 2.31. The predicted octanol–water partition coefficient (Wildman–Crippen LogP) is 3.38. The van der Waals surface area contributed by atoms with Gasteiger partial charge in [0.15, 0.2) is 5.78 Å². The van der Waals surface area contributed by atoms with Gasteiger partial charge in [-0.2, -0.15) is 0 Å². The average molecular weight is 459 g/mol. The number of ether oxygens (including phenoxy) is 2. The smallest absolute Gasteiger partial charge is 0.328 e. The molecule has 0 amide bonds. The molecule has 0 spiro atoms. The van der Waals surface area contributed by atoms with Crippen LogP contribution in [0.4, 0.5) is 4.39 Å². The van der Waals surface area contributed by atoms with E-state index < -0.39 is 23.5 Å². The zero-order chi connectivity index (χ0) is 24.8. The number of halogens is 1. The fraction of sp³-hybridized carbons (Fsp3) is 0.208. The molecule has 2 aromatic rings. The highest BCUT2D eigenvalue weighted by Gasteiger charge is 2.10. The van der Waals surface area contributed by atoms with Gasteiger partial charge in [0.25, 0.3) is 0 Å². The molecule has 2 rings (SSSR count). The van der Waals surface area contributed by atoms with E-state index in [4.69, 9.17) is 19.7 Å². The number of benzene rings is 2. The van der Waals surface area contributed by atoms with Crippen LogP contribution in [-0.4, -0.2) is 67.2 Å². The summed E-state index contributed by atoms with van der Waals surface area (Å²) in [5.74, 6) is -2.48. The van der Waals surface area contributed by atoms with Crippen LogP contribution < -0.4 is 9.47 Å². The van der Waals surface area contributed by atoms with Gasteiger partial charge in [0, 0.05) is 30.3 Å². The Labute approximate surface area is 191 Å². The van der Waals surface area contributed by atoms with Crippen molar-refractivity contribution in [2.75, 3.05) is 34.4 Å². The largest absolute Gasteiger partial charge is 0.497 e. The normalized spacial score (nSPS) is 10.7. The molecular formula is C24H26FNO7. The van der Waals surface area contributed by atoms with Crippen molar-refractivity contribution in [1.82, 2.24) is 4.90 Å². The first kappa shape index (κ1) is 27.1. The Morgan fingerprint density at radius 2 is 1.64 bits per heavy atom. The van der Waals surface area contributed by atoms with Crippen LogP contribution in [0.15, 0.2) is 60.7 Å². The van der Waals surface area contributed by atoms with Gasteiger partial charge in [0.05, 0.1) is 12.7 Å². The molecule has 0 bridgehead atoms. The summed E-state index contributed by atoms with van der Waals surface area (Å²) in [4.78, 5) is 33.4. The summed E-state index contributed by atoms with van der Waals surface area (Å²) < 4.78 is 24.7. The van der Waals surface area contributed by atoms with Crippen molar-refractivity contribution in [3.63, 3.8) is 0 Å². The number of hydrogen-bond acceptors (Lipinski definition) is 6. The molecule has 0 atom stereocenters. The lowest BCUT2D eigenvalue weighted by atomic mass is 10.1. The van der Waals surface area contributed by atoms with E-state index in [2.05, 4.69) is 0 Å². The van der Waals surface area contributed by atoms with Gasteiger partial charge >= 0.3 is 11.9 Å². The third-order valence-corrected chi connectivity index (χ3v) is 3.94. The van der Waals surface area contributed by atoms with E-state index in [1.165, 1.54) is 25.3 Å². The Balaban J connectivity index is 0.000000582. The first-order chi connectivity index (χ1) is 15.6. The summed E-state index contributed by atoms with van der Waals surface area (Å²) >= 11 is 0. The molecule has 0 aromatic heterocycles. The second kappa shape index (κ2) is 14.2. The third kappa shape index (κ3) is 10.7. The van der Waals surface area contributed by atoms with Crippen molar-refractivity contribution in [3.05, 3.63) is 77.6 Å². The molecule has 2 N–H and O–H groups in total. The maximum Gasteiger partial charge on any atom is 0.328 e. The van der Waals surface area contributed by atoms with Gasteiger partial charge < -0.3 is 24.6 Å². The zero-order valence-corrected chi connectivity index (χ0v) is 18.5. The molecule has 0 aliphatic rings. The lowest BCUT2D eigenvalue weighted by molar-refractivity contribution is -0.134. The lowest BCUT2D eigenvalue weighted by Crippen LogP contribution is -2.19. The number of hydrogen-bond donors (Lipinski definition) is 2. The topological polar surface area (TPSA) is 113 Å². The molecule has 0 saturated heterocycles. The first-order valence-electron chi connectivity index (χ1n) is 9.70. The van der Waals surface area contributed by atoms with Crippen LogP contribution in [-0.2, 0) is 9.59 Å². The minimum Gasteiger partial charge on any atom is -0.497 e. The van der Waals surface area contributed by atoms with Crippen LogP contribution in [0.3, 0.4) is 0 Å². The highest BCUT2D eigenvalue weighted by Crippen LogP contribution is 2.21. The number of allylic oxidation sites excluding steroid dienone is 1. The lowest BCUT2D eigenvalue weighted by Gasteiger charge is -2.12. The van der Waals surface area contributed by atoms with Gasteiger partial charge in [-0.05, 0) is 44.4 Å². The number of carbonyl (C=O) groups is 3. The van der Waals surface area contributed by atoms with Gasteiger partial charge in [-0.25, -0.2) is 14.0 Å². The number of carboxylic acid groups (broad SMARTS) is 2. The van der Waals surface area contributed by atoms with Crippen molar-refractivity contribution in [2.24, 2.45) is 0 Å². The number of likely N-dealkylation sites (N-methyl/N-ethyl adjacent to an activating group) is 1. The molecule has 33 heavy (non-hydrogen) atoms. The number of carbonyl (C=O) groups excluding carboxylic acids is 1. The molecule has 0 radical (unpaired) electrons. The average Bonchev–Trinajstić information content (AvgIpc) is 2.77. The van der Waals surface area contributed by atoms with Gasteiger partial charge in [-0.15, -0.1) is 0 Å². The number of para-hydroxylation sites is 1. The molecule has 0 fully saturated rings. The van der Waals surface area contributed by atoms with Crippen molar-refractivity contribution in [3.8, 4) is 11.5 Å². The number of aliphatic carboxylic acids is 2. The Morgan fingerprint density at radius 3 is 2.18 bits per heavy atom. The molecule has 0 saturated carbocycles. The molecular weight excluding hydrogens is 433 g/mol. The quantitative estimate of drug-likeness (QED) is 0.411. The van der Waals surface area contributed by atoms with Crippen molar-refractivity contribution >= 4 is 23.8 Å². The van der Waals surface area contributed by atoms with Gasteiger partial charge in [-0.1, -0.05) is 18.2 Å². The molecule has 9 heteroatoms. The maximum atomic E-state index is 14.0. The van der Waals surface area contributed by atoms with Crippen LogP contribution in [0.25, 0.3) is 6.08 Å². The van der Waals surface area contributed by atoms with Gasteiger partial charge in [0.1, 0.15) is 23.9 Å². The third-order valence-electron chi connectivity index (χ3n) is 3.94. The van der Waals surface area contributed by atoms with Gasteiger partial charge in [-0.3, -0.25) is 4.79 Å². The van der Waals surface area contributed by atoms with Crippen molar-refractivity contribution in [2.45, 2.75) is 0 Å². The highest BCUT2D eigenvalue weighted by atomic mass is 19.1. The SMILES string of the molecule is COc1ccc(C(=O)/C=C/c2ccccc2OCCN(C)C)c(F)c1.O=C(O)/C=C/C(=O)O. The van der Waals surface area contributed by atoms with E-state index in [0.29, 0.717) is 30.3 Å². The minimum atomic E-state index is -1.26. The van der Waals surface area contributed by atoms with Gasteiger partial charge in [0.2, 0.25) is 0 Å². The Hall–Kier alpha value is -3.98. The van der Waals surface area contributed by atoms with Crippen molar-refractivity contribution in [1.29, 1.82) is 0 Å². The van der Waals surface area contributed by atoms with E-state index in [-0.39, 0.29) is 5.56 Å². The molecule has 0 aliphatic heterocycles. The summed E-state index contributed by atoms with van der Waals surface area (Å²) in [6.45, 7) is 1.33. The van der Waals surface area contributed by atoms with Crippen LogP contribution in [0.5, 0.6) is 11.5 Å². The standard InChI is InChI=1S/C20H22FNO3.C4H4O4/c1-22(2)12-13-25-20-7-5-4-6-15(20)8-11-19(23)17-10-9-16(24-3)14-18(17)21;5-3(6)1-2-4(7)8/h4-11,14H,12-13H2,1-3H3;1-2H,(H,5,6)(H,7,8)/b11-8+;2-1+. The predicted molar refractivity (Wildman–Crippen MR) is 121 cm³/mol. The second-order valence-electron chi connectivity index (χ2n) is 6.74. The molecule has 0 aliphatic carbocycles. The number of carboxylic acids is 2. The summed E-state index contributed by atoms with van der Waals surface area (Å²) in [7, 11) is 5.39. The monoisotopic (exact) mass is 459 g/mol. The van der Waals surface area contributed by atoms with E-state index in [1.54, 1.807) is 12.1 Å². The zero-order valence-electron chi connectivity index (χ0n) is 18.5. The Bertz CT molecular complexity index is 1000.